The molecule has 0 fully saturated rings. The molecule has 7 nitrogen and oxygen atoms in total. The first kappa shape index (κ1) is 26.0. The maximum Gasteiger partial charge on any atom is 0.331 e. The molecule has 0 heterocycles. The van der Waals surface area contributed by atoms with Gasteiger partial charge in [0.25, 0.3) is 5.91 Å². The molecule has 0 aromatic heterocycles. The maximum atomic E-state index is 12.3. The number of nitrogens with zero attached hydrogens (tertiary/aromatic N) is 1. The van der Waals surface area contributed by atoms with Gasteiger partial charge in [-0.15, -0.1) is 0 Å². The Morgan fingerprint density at radius 3 is 2.48 bits per heavy atom. The van der Waals surface area contributed by atoms with Crippen LogP contribution in [0.25, 0.3) is 6.08 Å². The lowest BCUT2D eigenvalue weighted by Gasteiger charge is -2.28. The van der Waals surface area contributed by atoms with Crippen LogP contribution < -0.4 is 14.8 Å². The summed E-state index contributed by atoms with van der Waals surface area (Å²) in [4.78, 5) is 24.4. The average Bonchev–Trinajstić information content (AvgIpc) is 2.73. The fraction of sp³-hybridized carbons (Fsp3) is 0.542. The minimum absolute atomic E-state index is 0.0993. The Kier molecular flexibility index (Phi) is 10.6. The normalized spacial score (nSPS) is 13.9. The number of ether oxygens (including phenoxy) is 3. The van der Waals surface area contributed by atoms with Crippen molar-refractivity contribution in [2.75, 3.05) is 13.2 Å². The molecule has 0 saturated heterocycles. The number of nitrogens with one attached hydrogen (secondary N) is 1. The maximum absolute atomic E-state index is 12.3. The smallest absolute Gasteiger partial charge is 0.331 e. The second kappa shape index (κ2) is 12.6. The molecule has 1 aromatic rings. The molecule has 1 N–H and O–H groups in total. The van der Waals surface area contributed by atoms with Gasteiger partial charge in [-0.3, -0.25) is 4.79 Å². The third-order valence-corrected chi connectivity index (χ3v) is 4.87. The minimum atomic E-state index is -1.04. The second-order valence-electron chi connectivity index (χ2n) is 7.71. The van der Waals surface area contributed by atoms with Crippen LogP contribution in [0.2, 0.25) is 0 Å². The summed E-state index contributed by atoms with van der Waals surface area (Å²) in [5.74, 6) is -0.0196. The molecule has 0 bridgehead atoms. The number of unbranched alkanes of at least 4 members (excludes halogenated alkanes) is 1. The number of nitriles is 1. The minimum Gasteiger partial charge on any atom is -0.490 e. The Bertz CT molecular complexity index is 813. The first-order valence-corrected chi connectivity index (χ1v) is 10.7. The van der Waals surface area contributed by atoms with E-state index >= 15 is 0 Å². The highest BCUT2D eigenvalue weighted by atomic mass is 16.5. The predicted octanol–water partition coefficient (Wildman–Crippen LogP) is 4.26. The van der Waals surface area contributed by atoms with Gasteiger partial charge in [0.05, 0.1) is 19.3 Å². The topological polar surface area (TPSA) is 97.6 Å². The highest BCUT2D eigenvalue weighted by molar-refractivity contribution is 5.90. The van der Waals surface area contributed by atoms with E-state index in [4.69, 9.17) is 14.2 Å². The third kappa shape index (κ3) is 8.33. The van der Waals surface area contributed by atoms with Gasteiger partial charge in [-0.1, -0.05) is 33.3 Å². The van der Waals surface area contributed by atoms with E-state index in [1.165, 1.54) is 13.0 Å². The molecule has 2 atom stereocenters. The Morgan fingerprint density at radius 2 is 1.90 bits per heavy atom. The number of benzene rings is 1. The number of rotatable bonds is 12. The van der Waals surface area contributed by atoms with E-state index in [-0.39, 0.29) is 5.92 Å². The lowest BCUT2D eigenvalue weighted by molar-refractivity contribution is -0.150. The van der Waals surface area contributed by atoms with Crippen LogP contribution in [0.3, 0.4) is 0 Å². The third-order valence-electron chi connectivity index (χ3n) is 4.87. The quantitative estimate of drug-likeness (QED) is 0.302. The molecule has 0 radical (unpaired) electrons. The van der Waals surface area contributed by atoms with Crippen molar-refractivity contribution in [2.45, 2.75) is 66.0 Å². The molecule has 0 aliphatic heterocycles. The molecular formula is C24H34N2O5. The molecule has 0 spiro atoms. The zero-order valence-electron chi connectivity index (χ0n) is 19.4. The van der Waals surface area contributed by atoms with Gasteiger partial charge in [0.15, 0.2) is 17.6 Å². The molecular weight excluding hydrogens is 396 g/mol. The van der Waals surface area contributed by atoms with Gasteiger partial charge in [-0.05, 0) is 56.9 Å². The summed E-state index contributed by atoms with van der Waals surface area (Å²) in [7, 11) is 0. The van der Waals surface area contributed by atoms with E-state index in [9.17, 15) is 14.9 Å². The molecule has 1 rings (SSSR count). The number of carbonyl (C=O) groups is 2. The van der Waals surface area contributed by atoms with Crippen LogP contribution in [0.1, 0.15) is 59.9 Å². The highest BCUT2D eigenvalue weighted by Gasteiger charge is 2.32. The van der Waals surface area contributed by atoms with Crippen molar-refractivity contribution in [3.05, 3.63) is 29.8 Å². The second-order valence-corrected chi connectivity index (χ2v) is 7.71. The summed E-state index contributed by atoms with van der Waals surface area (Å²) in [5.41, 5.74) is -0.304. The molecule has 0 aliphatic carbocycles. The fourth-order valence-corrected chi connectivity index (χ4v) is 2.43. The van der Waals surface area contributed by atoms with E-state index in [1.54, 1.807) is 25.1 Å². The number of hydrogen-bond acceptors (Lipinski definition) is 6. The zero-order valence-corrected chi connectivity index (χ0v) is 19.4. The van der Waals surface area contributed by atoms with Gasteiger partial charge in [0.2, 0.25) is 0 Å². The van der Waals surface area contributed by atoms with E-state index < -0.39 is 23.5 Å². The van der Waals surface area contributed by atoms with Crippen LogP contribution in [-0.2, 0) is 14.3 Å². The molecule has 0 aliphatic rings. The summed E-state index contributed by atoms with van der Waals surface area (Å²) in [6, 6.07) is 7.49. The van der Waals surface area contributed by atoms with Gasteiger partial charge in [-0.2, -0.15) is 5.26 Å². The van der Waals surface area contributed by atoms with Gasteiger partial charge in [0.1, 0.15) is 5.54 Å². The Hall–Kier alpha value is -3.01. The fourth-order valence-electron chi connectivity index (χ4n) is 2.43. The Balaban J connectivity index is 2.76. The van der Waals surface area contributed by atoms with E-state index in [0.717, 1.165) is 18.4 Å². The van der Waals surface area contributed by atoms with E-state index in [0.29, 0.717) is 24.7 Å². The van der Waals surface area contributed by atoms with Crippen LogP contribution in [-0.4, -0.2) is 36.7 Å². The van der Waals surface area contributed by atoms with E-state index in [1.807, 2.05) is 26.8 Å². The molecule has 0 saturated carbocycles. The van der Waals surface area contributed by atoms with Crippen molar-refractivity contribution in [1.29, 1.82) is 5.26 Å². The van der Waals surface area contributed by atoms with E-state index in [2.05, 4.69) is 18.3 Å². The lowest BCUT2D eigenvalue weighted by atomic mass is 9.90. The molecule has 7 heteroatoms. The Morgan fingerprint density at radius 1 is 1.19 bits per heavy atom. The van der Waals surface area contributed by atoms with Crippen molar-refractivity contribution in [3.63, 3.8) is 0 Å². The SMILES string of the molecule is CCCCOc1ccc(/C=C/C(=O)OC(C)C(=O)NC(C)(C#N)C(C)C)cc1OCC. The summed E-state index contributed by atoms with van der Waals surface area (Å²) in [6.45, 7) is 11.8. The predicted molar refractivity (Wildman–Crippen MR) is 120 cm³/mol. The average molecular weight is 431 g/mol. The zero-order chi connectivity index (χ0) is 23.4. The van der Waals surface area contributed by atoms with Crippen molar-refractivity contribution in [1.82, 2.24) is 5.32 Å². The number of carbonyl (C=O) groups excluding carboxylic acids is 2. The lowest BCUT2D eigenvalue weighted by Crippen LogP contribution is -2.52. The number of hydrogen-bond donors (Lipinski definition) is 1. The number of amides is 1. The highest BCUT2D eigenvalue weighted by Crippen LogP contribution is 2.29. The van der Waals surface area contributed by atoms with Crippen molar-refractivity contribution in [3.8, 4) is 17.6 Å². The van der Waals surface area contributed by atoms with Crippen molar-refractivity contribution < 1.29 is 23.8 Å². The van der Waals surface area contributed by atoms with Gasteiger partial charge < -0.3 is 19.5 Å². The molecule has 31 heavy (non-hydrogen) atoms. The largest absolute Gasteiger partial charge is 0.490 e. The van der Waals surface area contributed by atoms with Gasteiger partial charge >= 0.3 is 5.97 Å². The monoisotopic (exact) mass is 430 g/mol. The van der Waals surface area contributed by atoms with Crippen LogP contribution in [0, 0.1) is 17.2 Å². The van der Waals surface area contributed by atoms with Crippen LogP contribution in [0.15, 0.2) is 24.3 Å². The summed E-state index contributed by atoms with van der Waals surface area (Å²) in [5, 5.41) is 12.0. The summed E-state index contributed by atoms with van der Waals surface area (Å²) >= 11 is 0. The first-order valence-electron chi connectivity index (χ1n) is 10.7. The van der Waals surface area contributed by atoms with Crippen molar-refractivity contribution >= 4 is 18.0 Å². The van der Waals surface area contributed by atoms with Crippen LogP contribution in [0.5, 0.6) is 11.5 Å². The summed E-state index contributed by atoms with van der Waals surface area (Å²) < 4.78 is 16.5. The first-order chi connectivity index (χ1) is 14.7. The van der Waals surface area contributed by atoms with Crippen molar-refractivity contribution in [2.24, 2.45) is 5.92 Å². The van der Waals surface area contributed by atoms with Gasteiger partial charge in [0, 0.05) is 6.08 Å². The number of esters is 1. The molecule has 1 aromatic carbocycles. The van der Waals surface area contributed by atoms with Crippen LogP contribution >= 0.6 is 0 Å². The Labute approximate surface area is 185 Å². The molecule has 1 amide bonds. The molecule has 170 valence electrons. The van der Waals surface area contributed by atoms with Crippen LogP contribution in [0.4, 0.5) is 0 Å². The molecule has 2 unspecified atom stereocenters. The summed E-state index contributed by atoms with van der Waals surface area (Å²) in [6.07, 6.45) is 3.79. The standard InChI is InChI=1S/C24H34N2O5/c1-7-9-14-30-20-12-10-19(15-21(20)29-8-2)11-13-22(27)31-18(5)23(28)26-24(6,16-25)17(3)4/h10-13,15,17-18H,7-9,14H2,1-6H3,(H,26,28)/b13-11+. The van der Waals surface area contributed by atoms with Gasteiger partial charge in [-0.25, -0.2) is 4.79 Å².